The van der Waals surface area contributed by atoms with E-state index in [-0.39, 0.29) is 0 Å². The molecule has 0 fully saturated rings. The smallest absolute Gasteiger partial charge is 0.0821 e. The molecule has 0 spiro atoms. The van der Waals surface area contributed by atoms with Crippen molar-refractivity contribution in [1.29, 1.82) is 0 Å². The van der Waals surface area contributed by atoms with Crippen LogP contribution in [0.5, 0.6) is 0 Å². The average Bonchev–Trinajstić information content (AvgIpc) is 2.42. The zero-order valence-electron chi connectivity index (χ0n) is 12.6. The van der Waals surface area contributed by atoms with E-state index in [4.69, 9.17) is 0 Å². The standard InChI is InChI=1S/C17H28O2S/c1-2-3-4-5-6-7-8-12-15-20(18,19)16-17-13-10-9-11-14-17/h9-11,13-14,16H,2-8,12,15H2,1H3,(H,18,19). The van der Waals surface area contributed by atoms with E-state index in [0.29, 0.717) is 5.75 Å². The van der Waals surface area contributed by atoms with Crippen LogP contribution in [0.25, 0.3) is 0 Å². The molecule has 0 radical (unpaired) electrons. The van der Waals surface area contributed by atoms with Crippen LogP contribution in [0.4, 0.5) is 0 Å². The number of benzene rings is 1. The number of hydrogen-bond donors (Lipinski definition) is 1. The SMILES string of the molecule is CCCCCCCCCCS(=O)(O)=Cc1ccccc1. The van der Waals surface area contributed by atoms with Crippen molar-refractivity contribution >= 4 is 15.2 Å². The maximum absolute atomic E-state index is 12.0. The molecule has 0 bridgehead atoms. The molecule has 114 valence electrons. The minimum absolute atomic E-state index is 0.386. The Morgan fingerprint density at radius 1 is 0.950 bits per heavy atom. The second-order valence-electron chi connectivity index (χ2n) is 5.40. The van der Waals surface area contributed by atoms with Crippen molar-refractivity contribution in [1.82, 2.24) is 0 Å². The van der Waals surface area contributed by atoms with Crippen LogP contribution in [0.1, 0.15) is 63.9 Å². The third-order valence-corrected chi connectivity index (χ3v) is 4.92. The van der Waals surface area contributed by atoms with Crippen LogP contribution in [0, 0.1) is 0 Å². The monoisotopic (exact) mass is 296 g/mol. The summed E-state index contributed by atoms with van der Waals surface area (Å²) in [5, 5.41) is 1.51. The van der Waals surface area contributed by atoms with Gasteiger partial charge in [-0.05, 0) is 12.0 Å². The van der Waals surface area contributed by atoms with Gasteiger partial charge in [-0.3, -0.25) is 0 Å². The summed E-state index contributed by atoms with van der Waals surface area (Å²) in [4.78, 5) is 0. The van der Waals surface area contributed by atoms with E-state index in [1.807, 2.05) is 30.3 Å². The van der Waals surface area contributed by atoms with Crippen molar-refractivity contribution in [3.05, 3.63) is 35.9 Å². The quantitative estimate of drug-likeness (QED) is 0.500. The molecule has 1 N–H and O–H groups in total. The first kappa shape index (κ1) is 17.3. The van der Waals surface area contributed by atoms with Gasteiger partial charge in [0, 0.05) is 11.1 Å². The summed E-state index contributed by atoms with van der Waals surface area (Å²) < 4.78 is 21.9. The van der Waals surface area contributed by atoms with E-state index in [2.05, 4.69) is 6.92 Å². The molecule has 0 heterocycles. The van der Waals surface area contributed by atoms with Crippen molar-refractivity contribution in [3.8, 4) is 0 Å². The van der Waals surface area contributed by atoms with Crippen molar-refractivity contribution in [2.24, 2.45) is 0 Å². The van der Waals surface area contributed by atoms with Gasteiger partial charge in [0.25, 0.3) is 0 Å². The van der Waals surface area contributed by atoms with Gasteiger partial charge >= 0.3 is 0 Å². The lowest BCUT2D eigenvalue weighted by molar-refractivity contribution is 0.548. The summed E-state index contributed by atoms with van der Waals surface area (Å²) in [5.74, 6) is 0.386. The van der Waals surface area contributed by atoms with Gasteiger partial charge in [0.15, 0.2) is 0 Å². The first-order chi connectivity index (χ1) is 9.64. The molecule has 3 heteroatoms. The van der Waals surface area contributed by atoms with E-state index in [1.165, 1.54) is 43.9 Å². The fourth-order valence-electron chi connectivity index (χ4n) is 2.25. The third kappa shape index (κ3) is 8.39. The Labute approximate surface area is 124 Å². The molecule has 2 nitrogen and oxygen atoms in total. The summed E-state index contributed by atoms with van der Waals surface area (Å²) in [6.07, 6.45) is 9.59. The molecular formula is C17H28O2S. The van der Waals surface area contributed by atoms with E-state index in [0.717, 1.165) is 18.4 Å². The van der Waals surface area contributed by atoms with Gasteiger partial charge in [0.05, 0.1) is 9.80 Å². The largest absolute Gasteiger partial charge is 0.313 e. The maximum Gasteiger partial charge on any atom is 0.0821 e. The molecule has 0 aliphatic rings. The Bertz CT molecular complexity index is 459. The predicted molar refractivity (Wildman–Crippen MR) is 89.9 cm³/mol. The van der Waals surface area contributed by atoms with Gasteiger partial charge in [0.1, 0.15) is 0 Å². The van der Waals surface area contributed by atoms with Crippen LogP contribution >= 0.6 is 0 Å². The first-order valence-electron chi connectivity index (χ1n) is 7.78. The van der Waals surface area contributed by atoms with Gasteiger partial charge in [0.2, 0.25) is 0 Å². The van der Waals surface area contributed by atoms with Crippen LogP contribution in [0.15, 0.2) is 30.3 Å². The molecule has 0 saturated carbocycles. The van der Waals surface area contributed by atoms with E-state index in [1.54, 1.807) is 0 Å². The lowest BCUT2D eigenvalue weighted by Gasteiger charge is -2.04. The highest BCUT2D eigenvalue weighted by Gasteiger charge is 2.02. The second-order valence-corrected chi connectivity index (χ2v) is 7.42. The highest BCUT2D eigenvalue weighted by Crippen LogP contribution is 2.09. The van der Waals surface area contributed by atoms with Crippen molar-refractivity contribution in [2.45, 2.75) is 58.3 Å². The molecule has 0 aliphatic heterocycles. The first-order valence-corrected chi connectivity index (χ1v) is 9.53. The maximum atomic E-state index is 12.0. The van der Waals surface area contributed by atoms with Gasteiger partial charge in [-0.25, -0.2) is 4.21 Å². The molecule has 0 aliphatic carbocycles. The summed E-state index contributed by atoms with van der Waals surface area (Å²) in [7, 11) is -2.81. The summed E-state index contributed by atoms with van der Waals surface area (Å²) >= 11 is 0. The summed E-state index contributed by atoms with van der Waals surface area (Å²) in [6.45, 7) is 2.22. The topological polar surface area (TPSA) is 37.3 Å². The van der Waals surface area contributed by atoms with Crippen molar-refractivity contribution in [3.63, 3.8) is 0 Å². The number of hydrogen-bond acceptors (Lipinski definition) is 1. The van der Waals surface area contributed by atoms with E-state index < -0.39 is 9.80 Å². The fraction of sp³-hybridized carbons (Fsp3) is 0.588. The second kappa shape index (κ2) is 10.0. The Kier molecular flexibility index (Phi) is 8.63. The molecule has 1 unspecified atom stereocenters. The molecule has 0 saturated heterocycles. The van der Waals surface area contributed by atoms with Crippen LogP contribution in [0.2, 0.25) is 0 Å². The van der Waals surface area contributed by atoms with E-state index in [9.17, 15) is 8.76 Å². The average molecular weight is 296 g/mol. The van der Waals surface area contributed by atoms with E-state index >= 15 is 0 Å². The van der Waals surface area contributed by atoms with Crippen LogP contribution in [-0.2, 0) is 9.80 Å². The van der Waals surface area contributed by atoms with Gasteiger partial charge < -0.3 is 4.55 Å². The molecule has 1 aromatic carbocycles. The van der Waals surface area contributed by atoms with Crippen molar-refractivity contribution < 1.29 is 8.76 Å². The Balaban J connectivity index is 2.20. The molecule has 1 aromatic rings. The normalized spacial score (nSPS) is 13.9. The lowest BCUT2D eigenvalue weighted by atomic mass is 10.1. The van der Waals surface area contributed by atoms with Crippen molar-refractivity contribution in [2.75, 3.05) is 5.75 Å². The Morgan fingerprint density at radius 3 is 2.10 bits per heavy atom. The predicted octanol–water partition coefficient (Wildman–Crippen LogP) is 4.74. The zero-order valence-corrected chi connectivity index (χ0v) is 13.4. The van der Waals surface area contributed by atoms with Crippen LogP contribution in [0.3, 0.4) is 0 Å². The van der Waals surface area contributed by atoms with Gasteiger partial charge in [-0.1, -0.05) is 82.2 Å². The molecule has 1 rings (SSSR count). The van der Waals surface area contributed by atoms with Crippen LogP contribution in [-0.4, -0.2) is 19.9 Å². The third-order valence-electron chi connectivity index (χ3n) is 3.41. The highest BCUT2D eigenvalue weighted by atomic mass is 32.2. The van der Waals surface area contributed by atoms with Crippen LogP contribution < -0.4 is 0 Å². The molecule has 0 aromatic heterocycles. The number of rotatable bonds is 10. The van der Waals surface area contributed by atoms with Gasteiger partial charge in [-0.15, -0.1) is 0 Å². The minimum atomic E-state index is -2.81. The minimum Gasteiger partial charge on any atom is -0.313 e. The Hall–Kier alpha value is -0.800. The number of unbranched alkanes of at least 4 members (excludes halogenated alkanes) is 7. The fourth-order valence-corrected chi connectivity index (χ4v) is 3.56. The molecular weight excluding hydrogens is 268 g/mol. The van der Waals surface area contributed by atoms with Gasteiger partial charge in [-0.2, -0.15) is 0 Å². The zero-order chi connectivity index (χ0) is 14.7. The summed E-state index contributed by atoms with van der Waals surface area (Å²) in [6, 6.07) is 9.41. The molecule has 0 amide bonds. The molecule has 1 atom stereocenters. The highest BCUT2D eigenvalue weighted by molar-refractivity contribution is 7.96. The summed E-state index contributed by atoms with van der Waals surface area (Å²) in [5.41, 5.74) is 0.833. The lowest BCUT2D eigenvalue weighted by Crippen LogP contribution is -2.08. The Morgan fingerprint density at radius 2 is 1.50 bits per heavy atom. The molecule has 20 heavy (non-hydrogen) atoms.